The average molecular weight is 258 g/mol. The number of hydrogen-bond donors (Lipinski definition) is 0. The summed E-state index contributed by atoms with van der Waals surface area (Å²) in [5.41, 5.74) is 2.21. The summed E-state index contributed by atoms with van der Waals surface area (Å²) >= 11 is 0. The smallest absolute Gasteiger partial charge is 0.206 e. The van der Waals surface area contributed by atoms with Gasteiger partial charge in [-0.25, -0.2) is 0 Å². The van der Waals surface area contributed by atoms with Crippen LogP contribution in [-0.2, 0) is 4.74 Å². The van der Waals surface area contributed by atoms with E-state index < -0.39 is 0 Å². The van der Waals surface area contributed by atoms with Crippen LogP contribution in [0.3, 0.4) is 0 Å². The van der Waals surface area contributed by atoms with Gasteiger partial charge in [0.05, 0.1) is 12.5 Å². The molecule has 3 aliphatic heterocycles. The van der Waals surface area contributed by atoms with E-state index >= 15 is 0 Å². The van der Waals surface area contributed by atoms with Crippen LogP contribution in [0.1, 0.15) is 43.7 Å². The minimum atomic E-state index is -0.233. The van der Waals surface area contributed by atoms with Crippen molar-refractivity contribution in [2.24, 2.45) is 0 Å². The van der Waals surface area contributed by atoms with Crippen molar-refractivity contribution < 1.29 is 14.2 Å². The van der Waals surface area contributed by atoms with E-state index in [0.717, 1.165) is 30.9 Å². The minimum Gasteiger partial charge on any atom is -0.483 e. The standard InChI is InChI=1S/C16H18O3/c1-16(2)8-7-10-12(19-16)5-6-13-14(10)11-4-3-9-17-15(11)18-13/h5-8,11,15H,3-4,9H2,1-2H3. The first-order valence-corrected chi connectivity index (χ1v) is 6.97. The van der Waals surface area contributed by atoms with E-state index in [4.69, 9.17) is 14.2 Å². The third-order valence-electron chi connectivity index (χ3n) is 4.12. The molecule has 3 heteroatoms. The molecule has 100 valence electrons. The van der Waals surface area contributed by atoms with Gasteiger partial charge in [0.15, 0.2) is 0 Å². The molecule has 1 aromatic rings. The van der Waals surface area contributed by atoms with Gasteiger partial charge >= 0.3 is 0 Å². The summed E-state index contributed by atoms with van der Waals surface area (Å²) in [7, 11) is 0. The number of hydrogen-bond acceptors (Lipinski definition) is 3. The van der Waals surface area contributed by atoms with Gasteiger partial charge < -0.3 is 14.2 Å². The lowest BCUT2D eigenvalue weighted by Gasteiger charge is -2.30. The molecule has 1 fully saturated rings. The SMILES string of the molecule is CC1(C)C=Cc2c(ccc3c2C2CCCOC2O3)O1. The number of ether oxygens (including phenoxy) is 3. The molecule has 2 unspecified atom stereocenters. The van der Waals surface area contributed by atoms with Crippen molar-refractivity contribution in [1.82, 2.24) is 0 Å². The minimum absolute atomic E-state index is 0.0985. The van der Waals surface area contributed by atoms with E-state index in [0.29, 0.717) is 5.92 Å². The summed E-state index contributed by atoms with van der Waals surface area (Å²) in [4.78, 5) is 0. The second-order valence-electron chi connectivity index (χ2n) is 6.03. The Morgan fingerprint density at radius 1 is 1.21 bits per heavy atom. The fourth-order valence-electron chi connectivity index (χ4n) is 3.22. The third-order valence-corrected chi connectivity index (χ3v) is 4.12. The van der Waals surface area contributed by atoms with E-state index in [1.165, 1.54) is 11.1 Å². The molecule has 3 aliphatic rings. The first-order valence-electron chi connectivity index (χ1n) is 6.97. The van der Waals surface area contributed by atoms with Crippen molar-refractivity contribution in [3.8, 4) is 11.5 Å². The van der Waals surface area contributed by atoms with Crippen molar-refractivity contribution >= 4 is 6.08 Å². The fourth-order valence-corrected chi connectivity index (χ4v) is 3.22. The van der Waals surface area contributed by atoms with Crippen LogP contribution in [0.2, 0.25) is 0 Å². The van der Waals surface area contributed by atoms with Crippen molar-refractivity contribution in [3.05, 3.63) is 29.3 Å². The Kier molecular flexibility index (Phi) is 2.25. The molecular weight excluding hydrogens is 240 g/mol. The molecule has 1 saturated heterocycles. The van der Waals surface area contributed by atoms with Gasteiger partial charge in [0.2, 0.25) is 6.29 Å². The molecule has 4 rings (SSSR count). The van der Waals surface area contributed by atoms with Gasteiger partial charge in [0, 0.05) is 11.1 Å². The molecule has 2 atom stereocenters. The lowest BCUT2D eigenvalue weighted by atomic mass is 9.88. The molecular formula is C16H18O3. The zero-order valence-electron chi connectivity index (χ0n) is 11.3. The topological polar surface area (TPSA) is 27.7 Å². The maximum absolute atomic E-state index is 6.04. The summed E-state index contributed by atoms with van der Waals surface area (Å²) in [5.74, 6) is 2.28. The van der Waals surface area contributed by atoms with Gasteiger partial charge in [-0.3, -0.25) is 0 Å². The molecule has 0 aliphatic carbocycles. The van der Waals surface area contributed by atoms with Crippen LogP contribution in [0.25, 0.3) is 6.08 Å². The lowest BCUT2D eigenvalue weighted by Crippen LogP contribution is -2.29. The van der Waals surface area contributed by atoms with Crippen LogP contribution in [-0.4, -0.2) is 18.5 Å². The van der Waals surface area contributed by atoms with Crippen molar-refractivity contribution in [1.29, 1.82) is 0 Å². The largest absolute Gasteiger partial charge is 0.483 e. The molecule has 0 radical (unpaired) electrons. The van der Waals surface area contributed by atoms with Crippen LogP contribution < -0.4 is 9.47 Å². The molecule has 19 heavy (non-hydrogen) atoms. The van der Waals surface area contributed by atoms with Crippen LogP contribution in [0.5, 0.6) is 11.5 Å². The third kappa shape index (κ3) is 1.68. The number of benzene rings is 1. The summed E-state index contributed by atoms with van der Waals surface area (Å²) < 4.78 is 17.7. The van der Waals surface area contributed by atoms with Crippen LogP contribution >= 0.6 is 0 Å². The highest BCUT2D eigenvalue weighted by atomic mass is 16.7. The normalized spacial score (nSPS) is 29.8. The molecule has 0 amide bonds. The van der Waals surface area contributed by atoms with Gasteiger partial charge in [-0.1, -0.05) is 6.08 Å². The molecule has 3 nitrogen and oxygen atoms in total. The molecule has 0 N–H and O–H groups in total. The molecule has 0 aromatic heterocycles. The zero-order chi connectivity index (χ0) is 13.0. The summed E-state index contributed by atoms with van der Waals surface area (Å²) in [6.07, 6.45) is 6.43. The van der Waals surface area contributed by atoms with Crippen molar-refractivity contribution in [2.45, 2.75) is 44.5 Å². The molecule has 0 saturated carbocycles. The Bertz CT molecular complexity index is 559. The van der Waals surface area contributed by atoms with Gasteiger partial charge in [0.1, 0.15) is 17.1 Å². The van der Waals surface area contributed by atoms with E-state index in [-0.39, 0.29) is 11.9 Å². The van der Waals surface area contributed by atoms with Gasteiger partial charge in [-0.15, -0.1) is 0 Å². The van der Waals surface area contributed by atoms with E-state index in [1.54, 1.807) is 0 Å². The highest BCUT2D eigenvalue weighted by Gasteiger charge is 2.40. The second-order valence-corrected chi connectivity index (χ2v) is 6.03. The van der Waals surface area contributed by atoms with Gasteiger partial charge in [0.25, 0.3) is 0 Å². The average Bonchev–Trinajstić information content (AvgIpc) is 2.76. The Morgan fingerprint density at radius 3 is 2.95 bits per heavy atom. The van der Waals surface area contributed by atoms with Crippen LogP contribution in [0.4, 0.5) is 0 Å². The second kappa shape index (κ2) is 3.76. The monoisotopic (exact) mass is 258 g/mol. The number of fused-ring (bicyclic) bond motifs is 5. The molecule has 0 spiro atoms. The Hall–Kier alpha value is -1.48. The Morgan fingerprint density at radius 2 is 2.05 bits per heavy atom. The van der Waals surface area contributed by atoms with Gasteiger partial charge in [-0.05, 0) is 44.9 Å². The van der Waals surface area contributed by atoms with Gasteiger partial charge in [-0.2, -0.15) is 0 Å². The lowest BCUT2D eigenvalue weighted by molar-refractivity contribution is -0.104. The maximum Gasteiger partial charge on any atom is 0.206 e. The summed E-state index contributed by atoms with van der Waals surface area (Å²) in [5, 5.41) is 0. The van der Waals surface area contributed by atoms with Crippen molar-refractivity contribution in [3.63, 3.8) is 0 Å². The number of rotatable bonds is 0. The van der Waals surface area contributed by atoms with Crippen molar-refractivity contribution in [2.75, 3.05) is 6.61 Å². The van der Waals surface area contributed by atoms with E-state index in [1.807, 2.05) is 12.1 Å². The van der Waals surface area contributed by atoms with E-state index in [9.17, 15) is 0 Å². The van der Waals surface area contributed by atoms with Crippen LogP contribution in [0, 0.1) is 0 Å². The Labute approximate surface area is 113 Å². The quantitative estimate of drug-likeness (QED) is 0.713. The van der Waals surface area contributed by atoms with Crippen LogP contribution in [0.15, 0.2) is 18.2 Å². The van der Waals surface area contributed by atoms with E-state index in [2.05, 4.69) is 26.0 Å². The molecule has 3 heterocycles. The Balaban J connectivity index is 1.83. The first kappa shape index (κ1) is 11.4. The summed E-state index contributed by atoms with van der Waals surface area (Å²) in [6.45, 7) is 4.95. The predicted molar refractivity (Wildman–Crippen MR) is 72.5 cm³/mol. The zero-order valence-corrected chi connectivity index (χ0v) is 11.3. The first-order chi connectivity index (χ1) is 9.14. The molecule has 0 bridgehead atoms. The maximum atomic E-state index is 6.04. The fraction of sp³-hybridized carbons (Fsp3) is 0.500. The predicted octanol–water partition coefficient (Wildman–Crippen LogP) is 3.48. The summed E-state index contributed by atoms with van der Waals surface area (Å²) in [6, 6.07) is 4.03. The highest BCUT2D eigenvalue weighted by Crippen LogP contribution is 2.49. The molecule has 1 aromatic carbocycles. The highest BCUT2D eigenvalue weighted by molar-refractivity contribution is 5.69.